The summed E-state index contributed by atoms with van der Waals surface area (Å²) in [4.78, 5) is 11.6. The number of carbonyl (C=O) groups is 1. The molecule has 1 aliphatic carbocycles. The third kappa shape index (κ3) is 3.19. The minimum Gasteiger partial charge on any atom is -0.481 e. The summed E-state index contributed by atoms with van der Waals surface area (Å²) >= 11 is 0. The summed E-state index contributed by atoms with van der Waals surface area (Å²) in [5.74, 6) is 0.129. The van der Waals surface area contributed by atoms with Crippen LogP contribution in [-0.2, 0) is 4.79 Å². The second-order valence-corrected chi connectivity index (χ2v) is 4.45. The number of hydrogen-bond donors (Lipinski definition) is 1. The number of carbonyl (C=O) groups excluding carboxylic acids is 1. The summed E-state index contributed by atoms with van der Waals surface area (Å²) in [6.07, 6.45) is 1.54. The first kappa shape index (κ1) is 11.9. The predicted octanol–water partition coefficient (Wildman–Crippen LogP) is 2.18. The molecule has 0 saturated heterocycles. The van der Waals surface area contributed by atoms with E-state index in [1.165, 1.54) is 12.1 Å². The van der Waals surface area contributed by atoms with Crippen LogP contribution in [0.2, 0.25) is 0 Å². The molecule has 0 heterocycles. The maximum atomic E-state index is 13.0. The number of halogens is 1. The van der Waals surface area contributed by atoms with E-state index in [4.69, 9.17) is 4.74 Å². The van der Waals surface area contributed by atoms with Crippen molar-refractivity contribution in [3.05, 3.63) is 29.6 Å². The van der Waals surface area contributed by atoms with Crippen molar-refractivity contribution in [3.63, 3.8) is 0 Å². The molecule has 92 valence electrons. The highest BCUT2D eigenvalue weighted by Crippen LogP contribution is 2.20. The molecule has 1 aliphatic rings. The van der Waals surface area contributed by atoms with Crippen molar-refractivity contribution in [3.8, 4) is 5.75 Å². The van der Waals surface area contributed by atoms with Gasteiger partial charge in [0.05, 0.1) is 0 Å². The van der Waals surface area contributed by atoms with E-state index in [1.807, 2.05) is 0 Å². The van der Waals surface area contributed by atoms with Gasteiger partial charge in [0.15, 0.2) is 6.10 Å². The number of benzene rings is 1. The monoisotopic (exact) mass is 237 g/mol. The molecule has 0 radical (unpaired) electrons. The summed E-state index contributed by atoms with van der Waals surface area (Å²) < 4.78 is 18.5. The van der Waals surface area contributed by atoms with E-state index in [-0.39, 0.29) is 11.7 Å². The topological polar surface area (TPSA) is 38.3 Å². The molecule has 0 spiro atoms. The molecule has 1 aromatic rings. The van der Waals surface area contributed by atoms with E-state index in [2.05, 4.69) is 5.32 Å². The molecule has 0 aliphatic heterocycles. The van der Waals surface area contributed by atoms with Crippen LogP contribution in [-0.4, -0.2) is 18.1 Å². The summed E-state index contributed by atoms with van der Waals surface area (Å²) in [5, 5.41) is 2.86. The predicted molar refractivity (Wildman–Crippen MR) is 62.4 cm³/mol. The van der Waals surface area contributed by atoms with Crippen LogP contribution in [0.4, 0.5) is 4.39 Å². The van der Waals surface area contributed by atoms with Crippen molar-refractivity contribution in [2.45, 2.75) is 38.8 Å². The van der Waals surface area contributed by atoms with Gasteiger partial charge in [-0.25, -0.2) is 4.39 Å². The first-order chi connectivity index (χ1) is 8.06. The van der Waals surface area contributed by atoms with Gasteiger partial charge in [-0.2, -0.15) is 0 Å². The largest absolute Gasteiger partial charge is 0.481 e. The molecular weight excluding hydrogens is 221 g/mol. The SMILES string of the molecule is Cc1cc(OC(C)C(=O)NC2CC2)ccc1F. The van der Waals surface area contributed by atoms with Gasteiger partial charge < -0.3 is 10.1 Å². The lowest BCUT2D eigenvalue weighted by Gasteiger charge is -2.14. The minimum absolute atomic E-state index is 0.116. The number of ether oxygens (including phenoxy) is 1. The lowest BCUT2D eigenvalue weighted by atomic mass is 10.2. The van der Waals surface area contributed by atoms with E-state index < -0.39 is 6.10 Å². The molecule has 1 atom stereocenters. The Labute approximate surface area is 100.0 Å². The first-order valence-corrected chi connectivity index (χ1v) is 5.79. The number of rotatable bonds is 4. The molecular formula is C13H16FNO2. The van der Waals surface area contributed by atoms with Gasteiger partial charge in [-0.3, -0.25) is 4.79 Å². The van der Waals surface area contributed by atoms with Crippen LogP contribution in [0.5, 0.6) is 5.75 Å². The summed E-state index contributed by atoms with van der Waals surface area (Å²) in [5.41, 5.74) is 0.511. The fourth-order valence-electron chi connectivity index (χ4n) is 1.49. The fraction of sp³-hybridized carbons (Fsp3) is 0.462. The average molecular weight is 237 g/mol. The number of aryl methyl sites for hydroxylation is 1. The maximum Gasteiger partial charge on any atom is 0.260 e. The van der Waals surface area contributed by atoms with Gasteiger partial charge in [-0.1, -0.05) is 0 Å². The zero-order chi connectivity index (χ0) is 12.4. The van der Waals surface area contributed by atoms with Gasteiger partial charge in [0, 0.05) is 6.04 Å². The Morgan fingerprint density at radius 3 is 2.82 bits per heavy atom. The zero-order valence-electron chi connectivity index (χ0n) is 10.00. The third-order valence-electron chi connectivity index (χ3n) is 2.74. The van der Waals surface area contributed by atoms with Gasteiger partial charge in [-0.05, 0) is 50.5 Å². The summed E-state index contributed by atoms with van der Waals surface area (Å²) in [7, 11) is 0. The second-order valence-electron chi connectivity index (χ2n) is 4.45. The van der Waals surface area contributed by atoms with E-state index in [0.29, 0.717) is 17.4 Å². The molecule has 3 nitrogen and oxygen atoms in total. The summed E-state index contributed by atoms with van der Waals surface area (Å²) in [6, 6.07) is 4.79. The van der Waals surface area contributed by atoms with Gasteiger partial charge in [0.25, 0.3) is 5.91 Å². The molecule has 1 aromatic carbocycles. The van der Waals surface area contributed by atoms with Crippen molar-refractivity contribution in [1.82, 2.24) is 5.32 Å². The van der Waals surface area contributed by atoms with Crippen LogP contribution in [0.15, 0.2) is 18.2 Å². The second kappa shape index (κ2) is 4.73. The molecule has 4 heteroatoms. The Kier molecular flexibility index (Phi) is 3.31. The van der Waals surface area contributed by atoms with E-state index in [1.54, 1.807) is 19.9 Å². The third-order valence-corrected chi connectivity index (χ3v) is 2.74. The Morgan fingerprint density at radius 2 is 2.24 bits per heavy atom. The highest BCUT2D eigenvalue weighted by atomic mass is 19.1. The van der Waals surface area contributed by atoms with Crippen LogP contribution < -0.4 is 10.1 Å². The molecule has 0 bridgehead atoms. The van der Waals surface area contributed by atoms with Crippen molar-refractivity contribution >= 4 is 5.91 Å². The molecule has 17 heavy (non-hydrogen) atoms. The van der Waals surface area contributed by atoms with Crippen molar-refractivity contribution < 1.29 is 13.9 Å². The molecule has 1 unspecified atom stereocenters. The number of hydrogen-bond acceptors (Lipinski definition) is 2. The highest BCUT2D eigenvalue weighted by Gasteiger charge is 2.26. The van der Waals surface area contributed by atoms with Crippen LogP contribution in [0.3, 0.4) is 0 Å². The van der Waals surface area contributed by atoms with E-state index in [9.17, 15) is 9.18 Å². The maximum absolute atomic E-state index is 13.0. The standard InChI is InChI=1S/C13H16FNO2/c1-8-7-11(5-6-12(8)14)17-9(2)13(16)15-10-3-4-10/h5-7,9-10H,3-4H2,1-2H3,(H,15,16). The molecule has 2 rings (SSSR count). The quantitative estimate of drug-likeness (QED) is 0.871. The Morgan fingerprint density at radius 1 is 1.53 bits per heavy atom. The van der Waals surface area contributed by atoms with Gasteiger partial charge >= 0.3 is 0 Å². The average Bonchev–Trinajstić information content (AvgIpc) is 3.07. The zero-order valence-corrected chi connectivity index (χ0v) is 10.00. The fourth-order valence-corrected chi connectivity index (χ4v) is 1.49. The van der Waals surface area contributed by atoms with Crippen LogP contribution >= 0.6 is 0 Å². The Balaban J connectivity index is 1.94. The lowest BCUT2D eigenvalue weighted by molar-refractivity contribution is -0.127. The summed E-state index contributed by atoms with van der Waals surface area (Å²) in [6.45, 7) is 3.35. The van der Waals surface area contributed by atoms with Crippen LogP contribution in [0.25, 0.3) is 0 Å². The normalized spacial score (nSPS) is 16.4. The van der Waals surface area contributed by atoms with Crippen LogP contribution in [0.1, 0.15) is 25.3 Å². The molecule has 1 saturated carbocycles. The van der Waals surface area contributed by atoms with Crippen LogP contribution in [0, 0.1) is 12.7 Å². The van der Waals surface area contributed by atoms with E-state index >= 15 is 0 Å². The number of amides is 1. The van der Waals surface area contributed by atoms with Gasteiger partial charge in [-0.15, -0.1) is 0 Å². The van der Waals surface area contributed by atoms with Gasteiger partial charge in [0.1, 0.15) is 11.6 Å². The molecule has 0 aromatic heterocycles. The Hall–Kier alpha value is -1.58. The van der Waals surface area contributed by atoms with Crippen molar-refractivity contribution in [2.24, 2.45) is 0 Å². The molecule has 1 fully saturated rings. The molecule has 1 N–H and O–H groups in total. The smallest absolute Gasteiger partial charge is 0.260 e. The first-order valence-electron chi connectivity index (χ1n) is 5.79. The highest BCUT2D eigenvalue weighted by molar-refractivity contribution is 5.81. The van der Waals surface area contributed by atoms with Crippen molar-refractivity contribution in [2.75, 3.05) is 0 Å². The minimum atomic E-state index is -0.555. The van der Waals surface area contributed by atoms with E-state index in [0.717, 1.165) is 12.8 Å². The lowest BCUT2D eigenvalue weighted by Crippen LogP contribution is -2.37. The number of nitrogens with one attached hydrogen (secondary N) is 1. The van der Waals surface area contributed by atoms with Crippen molar-refractivity contribution in [1.29, 1.82) is 0 Å². The van der Waals surface area contributed by atoms with Gasteiger partial charge in [0.2, 0.25) is 0 Å². The Bertz CT molecular complexity index is 429. The molecule has 1 amide bonds.